The number of hydrogen-bond donors (Lipinski definition) is 4. The van der Waals surface area contributed by atoms with E-state index in [0.29, 0.717) is 11.8 Å². The van der Waals surface area contributed by atoms with Gasteiger partial charge >= 0.3 is 0 Å². The van der Waals surface area contributed by atoms with E-state index < -0.39 is 0 Å². The van der Waals surface area contributed by atoms with Gasteiger partial charge in [-0.3, -0.25) is 10.6 Å². The van der Waals surface area contributed by atoms with Crippen LogP contribution in [0, 0.1) is 11.8 Å². The molecule has 0 aromatic heterocycles. The lowest BCUT2D eigenvalue weighted by atomic mass is 9.79. The van der Waals surface area contributed by atoms with E-state index >= 15 is 0 Å². The number of nitrogens with two attached hydrogens (primary N) is 1. The zero-order chi connectivity index (χ0) is 56.0. The second-order valence-electron chi connectivity index (χ2n) is 23.8. The predicted octanol–water partition coefficient (Wildman–Crippen LogP) is 17.1. The average molecular weight is 1100 g/mol. The first-order chi connectivity index (χ1) is 41.6. The minimum atomic E-state index is -0.219. The summed E-state index contributed by atoms with van der Waals surface area (Å²) >= 11 is 0. The van der Waals surface area contributed by atoms with Crippen LogP contribution in [-0.4, -0.2) is 17.8 Å². The van der Waals surface area contributed by atoms with Crippen molar-refractivity contribution in [2.75, 3.05) is 0 Å². The van der Waals surface area contributed by atoms with E-state index in [2.05, 4.69) is 270 Å². The van der Waals surface area contributed by atoms with Crippen LogP contribution in [0.4, 0.5) is 0 Å². The molecule has 7 unspecified atom stereocenters. The molecule has 0 bridgehead atoms. The van der Waals surface area contributed by atoms with Crippen molar-refractivity contribution in [3.63, 3.8) is 0 Å². The van der Waals surface area contributed by atoms with Gasteiger partial charge in [0.15, 0.2) is 6.17 Å². The van der Waals surface area contributed by atoms with Gasteiger partial charge in [0.1, 0.15) is 17.8 Å². The average Bonchev–Trinajstić information content (AvgIpc) is 3.44. The molecule has 0 spiro atoms. The largest absolute Gasteiger partial charge is 0.354 e. The lowest BCUT2D eigenvalue weighted by Gasteiger charge is -2.39. The van der Waals surface area contributed by atoms with Crippen LogP contribution in [0.5, 0.6) is 0 Å². The van der Waals surface area contributed by atoms with Crippen LogP contribution in [-0.2, 0) is 0 Å². The molecule has 7 aliphatic rings. The Balaban J connectivity index is 0.744. The topological polar surface area (TPSA) is 77.4 Å². The summed E-state index contributed by atoms with van der Waals surface area (Å²) in [6.07, 6.45) is 39.4. The van der Waals surface area contributed by atoms with Gasteiger partial charge in [-0.05, 0) is 155 Å². The summed E-state index contributed by atoms with van der Waals surface area (Å²) in [4.78, 5) is 11.2. The fourth-order valence-electron chi connectivity index (χ4n) is 14.1. The van der Waals surface area contributed by atoms with Gasteiger partial charge in [0.05, 0.1) is 6.17 Å². The van der Waals surface area contributed by atoms with Crippen LogP contribution in [0.15, 0.2) is 270 Å². The molecule has 2 heterocycles. The zero-order valence-corrected chi connectivity index (χ0v) is 48.0. The quantitative estimate of drug-likeness (QED) is 0.0869. The lowest BCUT2D eigenvalue weighted by Crippen LogP contribution is -2.91. The molecule has 6 nitrogen and oxygen atoms in total. The van der Waals surface area contributed by atoms with Crippen LogP contribution >= 0.6 is 0 Å². The molecular formula is C78H75N6+. The third-order valence-corrected chi connectivity index (χ3v) is 18.5. The lowest BCUT2D eigenvalue weighted by molar-refractivity contribution is -0.739. The van der Waals surface area contributed by atoms with E-state index in [1.807, 2.05) is 0 Å². The SMILES string of the molecule is C1=CCCC(c2ccccc2C2=NC(c3ccccc3C3=CC=CCC3)NC(C3C=CCC(c4cccc(-c5cccc(-c6cccc(C7N=C(C8=CC=CCC8C8=CCCCC8)NC(c8ccccc8-c8ccccc8)[NH2+]7)c6)c5)c4)C3)N2)=C1. The van der Waals surface area contributed by atoms with Crippen molar-refractivity contribution in [2.24, 2.45) is 21.8 Å². The summed E-state index contributed by atoms with van der Waals surface area (Å²) in [6, 6.07) is 65.2. The Morgan fingerprint density at radius 3 is 1.86 bits per heavy atom. The molecule has 7 aromatic rings. The Morgan fingerprint density at radius 2 is 1.11 bits per heavy atom. The molecule has 0 fully saturated rings. The van der Waals surface area contributed by atoms with E-state index in [4.69, 9.17) is 9.98 Å². The summed E-state index contributed by atoms with van der Waals surface area (Å²) in [6.45, 7) is 0. The second kappa shape index (κ2) is 24.6. The molecule has 14 rings (SSSR count). The fourth-order valence-corrected chi connectivity index (χ4v) is 14.1. The van der Waals surface area contributed by atoms with Gasteiger partial charge in [-0.2, -0.15) is 0 Å². The van der Waals surface area contributed by atoms with Crippen molar-refractivity contribution < 1.29 is 5.32 Å². The van der Waals surface area contributed by atoms with Crippen molar-refractivity contribution in [1.82, 2.24) is 16.0 Å². The van der Waals surface area contributed by atoms with Crippen LogP contribution in [0.2, 0.25) is 0 Å². The maximum Gasteiger partial charge on any atom is 0.209 e. The van der Waals surface area contributed by atoms with Gasteiger partial charge in [0.25, 0.3) is 0 Å². The Labute approximate surface area is 496 Å². The second-order valence-corrected chi connectivity index (χ2v) is 23.8. The molecule has 0 amide bonds. The standard InChI is InChI=1S/C78H74N6/c1-5-25-53(26-6-1)65-41-13-17-45-69(65)75-79-73(80-76(83-75)70-46-18-14-42-66(70)54-27-7-2-8-28-54)63-39-23-37-61(51-63)59-35-21-33-57(49-59)58-34-22-36-60(50-58)62-38-24-40-64(52-62)74-81-77(71-47-19-15-43-67(71)55-29-9-3-10-30-55)84-78(82-74)72-48-20-16-44-68(72)56-31-11-4-12-32-56/h1-3,5,7,9-10,13-25,27,29-31,33-36,38-43,45-50,52,61,63,68,73-75,77,79,81H,4,6,8,11-12,26,28,32,37,44,51H2,(H,80,83)(H,82,84)/p+1. The van der Waals surface area contributed by atoms with Crippen molar-refractivity contribution >= 4 is 22.8 Å². The van der Waals surface area contributed by atoms with Crippen LogP contribution in [0.3, 0.4) is 0 Å². The van der Waals surface area contributed by atoms with E-state index in [1.165, 1.54) is 108 Å². The number of aliphatic imine (C=N–C) groups is 2. The van der Waals surface area contributed by atoms with Crippen molar-refractivity contribution in [2.45, 2.75) is 101 Å². The summed E-state index contributed by atoms with van der Waals surface area (Å²) in [7, 11) is 0. The van der Waals surface area contributed by atoms with E-state index in [1.54, 1.807) is 5.57 Å². The molecule has 7 aromatic carbocycles. The highest BCUT2D eigenvalue weighted by Crippen LogP contribution is 2.41. The number of rotatable bonds is 13. The van der Waals surface area contributed by atoms with Gasteiger partial charge in [-0.25, -0.2) is 9.98 Å². The third-order valence-electron chi connectivity index (χ3n) is 18.5. The van der Waals surface area contributed by atoms with Crippen LogP contribution < -0.4 is 21.3 Å². The van der Waals surface area contributed by atoms with Crippen LogP contribution in [0.25, 0.3) is 44.5 Å². The number of benzene rings is 7. The zero-order valence-electron chi connectivity index (χ0n) is 48.0. The van der Waals surface area contributed by atoms with Crippen molar-refractivity contribution in [3.05, 3.63) is 299 Å². The van der Waals surface area contributed by atoms with Gasteiger partial charge in [-0.1, -0.05) is 242 Å². The van der Waals surface area contributed by atoms with Gasteiger partial charge in [-0.15, -0.1) is 0 Å². The number of nitrogens with one attached hydrogen (secondary N) is 3. The van der Waals surface area contributed by atoms with E-state index in [0.717, 1.165) is 63.0 Å². The van der Waals surface area contributed by atoms with E-state index in [9.17, 15) is 0 Å². The molecule has 416 valence electrons. The molecule has 7 atom stereocenters. The molecule has 5 aliphatic carbocycles. The maximum absolute atomic E-state index is 5.66. The molecule has 5 N–H and O–H groups in total. The van der Waals surface area contributed by atoms with Gasteiger partial charge in [0.2, 0.25) is 6.17 Å². The monoisotopic (exact) mass is 1100 g/mol. The summed E-state index contributed by atoms with van der Waals surface area (Å²) in [5, 5.41) is 14.6. The molecule has 2 aliphatic heterocycles. The Bertz CT molecular complexity index is 3900. The highest BCUT2D eigenvalue weighted by atomic mass is 15.3. The Morgan fingerprint density at radius 1 is 0.464 bits per heavy atom. The van der Waals surface area contributed by atoms with Crippen molar-refractivity contribution in [3.8, 4) is 33.4 Å². The number of hydrogen-bond acceptors (Lipinski definition) is 5. The first-order valence-corrected chi connectivity index (χ1v) is 31.0. The number of nitrogens with zero attached hydrogens (tertiary/aromatic N) is 2. The first kappa shape index (κ1) is 53.3. The number of allylic oxidation sites excluding steroid dienone is 14. The minimum Gasteiger partial charge on any atom is -0.354 e. The molecular weight excluding hydrogens is 1020 g/mol. The van der Waals surface area contributed by atoms with Crippen LogP contribution in [0.1, 0.15) is 134 Å². The van der Waals surface area contributed by atoms with Crippen molar-refractivity contribution in [1.29, 1.82) is 0 Å². The summed E-state index contributed by atoms with van der Waals surface area (Å²) in [5.74, 6) is 2.88. The number of amidine groups is 2. The Hall–Kier alpha value is -8.68. The predicted molar refractivity (Wildman–Crippen MR) is 349 cm³/mol. The van der Waals surface area contributed by atoms with Gasteiger partial charge < -0.3 is 10.6 Å². The molecule has 0 radical (unpaired) electrons. The third kappa shape index (κ3) is 11.4. The minimum absolute atomic E-state index is 0.0351. The van der Waals surface area contributed by atoms with E-state index in [-0.39, 0.29) is 30.6 Å². The fraction of sp³-hybridized carbons (Fsp3) is 0.231. The molecule has 84 heavy (non-hydrogen) atoms. The summed E-state index contributed by atoms with van der Waals surface area (Å²) < 4.78 is 0. The molecule has 0 saturated heterocycles. The highest BCUT2D eigenvalue weighted by molar-refractivity contribution is 6.04. The number of quaternary nitrogens is 1. The Kier molecular flexibility index (Phi) is 15.6. The smallest absolute Gasteiger partial charge is 0.209 e. The molecule has 6 heteroatoms. The maximum atomic E-state index is 5.66. The molecule has 0 saturated carbocycles. The normalized spacial score (nSPS) is 23.9. The van der Waals surface area contributed by atoms with Gasteiger partial charge in [0, 0.05) is 34.1 Å². The highest BCUT2D eigenvalue weighted by Gasteiger charge is 2.36. The first-order valence-electron chi connectivity index (χ1n) is 31.0. The summed E-state index contributed by atoms with van der Waals surface area (Å²) in [5.41, 5.74) is 21.7.